The van der Waals surface area contributed by atoms with Crippen LogP contribution in [0.3, 0.4) is 0 Å². The van der Waals surface area contributed by atoms with E-state index in [0.717, 1.165) is 39.1 Å². The van der Waals surface area contributed by atoms with Gasteiger partial charge in [0.05, 0.1) is 6.61 Å². The Bertz CT molecular complexity index is 422. The molecule has 0 amide bonds. The Morgan fingerprint density at radius 2 is 2.50 bits per heavy atom. The molecule has 0 radical (unpaired) electrons. The molecule has 0 aromatic carbocycles. The SMILES string of the molecule is COCCc1ccnc2c1CC[C@@H]1CNCCN21. The van der Waals surface area contributed by atoms with Crippen LogP contribution in [0, 0.1) is 0 Å². The second-order valence-electron chi connectivity index (χ2n) is 5.11. The van der Waals surface area contributed by atoms with E-state index in [0.29, 0.717) is 6.04 Å². The van der Waals surface area contributed by atoms with Crippen LogP contribution in [0.2, 0.25) is 0 Å². The van der Waals surface area contributed by atoms with E-state index in [2.05, 4.69) is 21.3 Å². The fourth-order valence-electron chi connectivity index (χ4n) is 3.09. The number of anilines is 1. The normalized spacial score (nSPS) is 22.5. The maximum absolute atomic E-state index is 5.20. The van der Waals surface area contributed by atoms with Crippen molar-refractivity contribution in [2.45, 2.75) is 25.3 Å². The van der Waals surface area contributed by atoms with Crippen molar-refractivity contribution < 1.29 is 4.74 Å². The average molecular weight is 247 g/mol. The highest BCUT2D eigenvalue weighted by Gasteiger charge is 2.30. The van der Waals surface area contributed by atoms with Gasteiger partial charge in [0.25, 0.3) is 0 Å². The van der Waals surface area contributed by atoms with Crippen LogP contribution in [-0.4, -0.2) is 44.4 Å². The van der Waals surface area contributed by atoms with Crippen LogP contribution in [0.5, 0.6) is 0 Å². The number of piperazine rings is 1. The predicted octanol–water partition coefficient (Wildman–Crippen LogP) is 0.995. The zero-order chi connectivity index (χ0) is 12.4. The highest BCUT2D eigenvalue weighted by atomic mass is 16.5. The summed E-state index contributed by atoms with van der Waals surface area (Å²) < 4.78 is 5.20. The van der Waals surface area contributed by atoms with Gasteiger partial charge in [-0.2, -0.15) is 0 Å². The van der Waals surface area contributed by atoms with Crippen molar-refractivity contribution in [3.63, 3.8) is 0 Å². The van der Waals surface area contributed by atoms with E-state index in [1.807, 2.05) is 6.20 Å². The lowest BCUT2D eigenvalue weighted by Gasteiger charge is -2.42. The zero-order valence-corrected chi connectivity index (χ0v) is 11.0. The minimum atomic E-state index is 0.636. The van der Waals surface area contributed by atoms with Crippen LogP contribution in [-0.2, 0) is 17.6 Å². The van der Waals surface area contributed by atoms with Gasteiger partial charge in [0.2, 0.25) is 0 Å². The summed E-state index contributed by atoms with van der Waals surface area (Å²) >= 11 is 0. The molecule has 18 heavy (non-hydrogen) atoms. The number of aromatic nitrogens is 1. The van der Waals surface area contributed by atoms with Gasteiger partial charge in [-0.05, 0) is 36.5 Å². The number of hydrogen-bond acceptors (Lipinski definition) is 4. The molecule has 2 aliphatic heterocycles. The van der Waals surface area contributed by atoms with E-state index >= 15 is 0 Å². The second-order valence-corrected chi connectivity index (χ2v) is 5.11. The van der Waals surface area contributed by atoms with Gasteiger partial charge in [0.15, 0.2) is 0 Å². The van der Waals surface area contributed by atoms with Gasteiger partial charge in [-0.3, -0.25) is 0 Å². The summed E-state index contributed by atoms with van der Waals surface area (Å²) in [6.45, 7) is 4.04. The number of nitrogens with zero attached hydrogens (tertiary/aromatic N) is 2. The third kappa shape index (κ3) is 2.10. The average Bonchev–Trinajstić information content (AvgIpc) is 2.44. The van der Waals surface area contributed by atoms with Gasteiger partial charge in [-0.15, -0.1) is 0 Å². The molecule has 0 unspecified atom stereocenters. The summed E-state index contributed by atoms with van der Waals surface area (Å²) in [7, 11) is 1.76. The van der Waals surface area contributed by atoms with Crippen molar-refractivity contribution in [3.8, 4) is 0 Å². The number of fused-ring (bicyclic) bond motifs is 3. The fraction of sp³-hybridized carbons (Fsp3) is 0.643. The van der Waals surface area contributed by atoms with Crippen LogP contribution < -0.4 is 10.2 Å². The van der Waals surface area contributed by atoms with Crippen molar-refractivity contribution >= 4 is 5.82 Å². The molecule has 3 heterocycles. The molecular formula is C14H21N3O. The molecule has 0 bridgehead atoms. The lowest BCUT2D eigenvalue weighted by molar-refractivity contribution is 0.202. The highest BCUT2D eigenvalue weighted by Crippen LogP contribution is 2.31. The largest absolute Gasteiger partial charge is 0.384 e. The summed E-state index contributed by atoms with van der Waals surface area (Å²) in [5.41, 5.74) is 2.87. The first-order valence-corrected chi connectivity index (χ1v) is 6.83. The molecule has 2 aliphatic rings. The second kappa shape index (κ2) is 5.24. The van der Waals surface area contributed by atoms with Crippen LogP contribution in [0.4, 0.5) is 5.82 Å². The fourth-order valence-corrected chi connectivity index (χ4v) is 3.09. The van der Waals surface area contributed by atoms with Gasteiger partial charge in [0.1, 0.15) is 5.82 Å². The quantitative estimate of drug-likeness (QED) is 0.864. The molecule has 1 atom stereocenters. The Kier molecular flexibility index (Phi) is 3.48. The lowest BCUT2D eigenvalue weighted by Crippen LogP contribution is -2.53. The Morgan fingerprint density at radius 1 is 1.56 bits per heavy atom. The first-order chi connectivity index (χ1) is 8.90. The molecule has 1 aromatic heterocycles. The number of rotatable bonds is 3. The molecular weight excluding hydrogens is 226 g/mol. The van der Waals surface area contributed by atoms with E-state index in [-0.39, 0.29) is 0 Å². The van der Waals surface area contributed by atoms with E-state index in [1.54, 1.807) is 7.11 Å². The molecule has 4 nitrogen and oxygen atoms in total. The van der Waals surface area contributed by atoms with Crippen LogP contribution in [0.15, 0.2) is 12.3 Å². The van der Waals surface area contributed by atoms with Crippen molar-refractivity contribution in [2.75, 3.05) is 38.3 Å². The number of methoxy groups -OCH3 is 1. The summed E-state index contributed by atoms with van der Waals surface area (Å²) in [4.78, 5) is 7.12. The number of ether oxygens (including phenoxy) is 1. The molecule has 1 fully saturated rings. The Hall–Kier alpha value is -1.13. The lowest BCUT2D eigenvalue weighted by atomic mass is 9.93. The standard InChI is InChI=1S/C14H21N3O/c1-18-9-5-11-4-6-16-14-13(11)3-2-12-10-15-7-8-17(12)14/h4,6,12,15H,2-3,5,7-10H2,1H3/t12-/m1/s1. The van der Waals surface area contributed by atoms with E-state index in [9.17, 15) is 0 Å². The number of pyridine rings is 1. The minimum absolute atomic E-state index is 0.636. The first-order valence-electron chi connectivity index (χ1n) is 6.83. The number of hydrogen-bond donors (Lipinski definition) is 1. The summed E-state index contributed by atoms with van der Waals surface area (Å²) in [6.07, 6.45) is 5.35. The molecule has 0 aliphatic carbocycles. The van der Waals surface area contributed by atoms with Gasteiger partial charge >= 0.3 is 0 Å². The molecule has 4 heteroatoms. The molecule has 3 rings (SSSR count). The Balaban J connectivity index is 1.89. The summed E-state index contributed by atoms with van der Waals surface area (Å²) in [5.74, 6) is 1.22. The van der Waals surface area contributed by atoms with Crippen molar-refractivity contribution in [3.05, 3.63) is 23.4 Å². The smallest absolute Gasteiger partial charge is 0.132 e. The Morgan fingerprint density at radius 3 is 3.39 bits per heavy atom. The minimum Gasteiger partial charge on any atom is -0.384 e. The number of nitrogens with one attached hydrogen (secondary N) is 1. The van der Waals surface area contributed by atoms with Gasteiger partial charge in [-0.1, -0.05) is 0 Å². The van der Waals surface area contributed by atoms with Crippen LogP contribution >= 0.6 is 0 Å². The van der Waals surface area contributed by atoms with Gasteiger partial charge < -0.3 is 15.0 Å². The third-order valence-electron chi connectivity index (χ3n) is 4.06. The van der Waals surface area contributed by atoms with E-state index < -0.39 is 0 Å². The van der Waals surface area contributed by atoms with Crippen molar-refractivity contribution in [2.24, 2.45) is 0 Å². The molecule has 1 N–H and O–H groups in total. The summed E-state index contributed by atoms with van der Waals surface area (Å²) in [5, 5.41) is 3.47. The predicted molar refractivity (Wildman–Crippen MR) is 72.1 cm³/mol. The molecule has 0 spiro atoms. The van der Waals surface area contributed by atoms with Gasteiger partial charge in [0, 0.05) is 39.0 Å². The summed E-state index contributed by atoms with van der Waals surface area (Å²) in [6, 6.07) is 2.79. The van der Waals surface area contributed by atoms with E-state index in [4.69, 9.17) is 4.74 Å². The van der Waals surface area contributed by atoms with Gasteiger partial charge in [-0.25, -0.2) is 4.98 Å². The maximum Gasteiger partial charge on any atom is 0.132 e. The van der Waals surface area contributed by atoms with Crippen molar-refractivity contribution in [1.82, 2.24) is 10.3 Å². The maximum atomic E-state index is 5.20. The molecule has 0 saturated carbocycles. The highest BCUT2D eigenvalue weighted by molar-refractivity contribution is 5.54. The van der Waals surface area contributed by atoms with E-state index in [1.165, 1.54) is 23.4 Å². The topological polar surface area (TPSA) is 37.4 Å². The van der Waals surface area contributed by atoms with Crippen LogP contribution in [0.1, 0.15) is 17.5 Å². The third-order valence-corrected chi connectivity index (χ3v) is 4.06. The zero-order valence-electron chi connectivity index (χ0n) is 11.0. The molecule has 98 valence electrons. The molecule has 1 aromatic rings. The molecule has 1 saturated heterocycles. The monoisotopic (exact) mass is 247 g/mol. The Labute approximate surface area is 108 Å². The first kappa shape index (κ1) is 11.9. The van der Waals surface area contributed by atoms with Crippen molar-refractivity contribution in [1.29, 1.82) is 0 Å². The van der Waals surface area contributed by atoms with Crippen LogP contribution in [0.25, 0.3) is 0 Å².